The van der Waals surface area contributed by atoms with Crippen molar-refractivity contribution in [1.29, 1.82) is 5.26 Å². The van der Waals surface area contributed by atoms with Crippen LogP contribution < -0.4 is 0 Å². The van der Waals surface area contributed by atoms with Gasteiger partial charge >= 0.3 is 0 Å². The highest BCUT2D eigenvalue weighted by atomic mass is 19.3. The van der Waals surface area contributed by atoms with Crippen molar-refractivity contribution in [3.8, 4) is 6.07 Å². The highest BCUT2D eigenvalue weighted by Crippen LogP contribution is 2.79. The molecule has 178 valence electrons. The fourth-order valence-electron chi connectivity index (χ4n) is 9.41. The fourth-order valence-corrected chi connectivity index (χ4v) is 9.41. The van der Waals surface area contributed by atoms with E-state index in [2.05, 4.69) is 12.0 Å². The van der Waals surface area contributed by atoms with Crippen molar-refractivity contribution in [3.63, 3.8) is 0 Å². The number of carbonyl (C=O) groups excluding carboxylic acids is 1. The van der Waals surface area contributed by atoms with Crippen molar-refractivity contribution >= 4 is 5.78 Å². The van der Waals surface area contributed by atoms with Crippen LogP contribution >= 0.6 is 0 Å². The van der Waals surface area contributed by atoms with Gasteiger partial charge < -0.3 is 5.11 Å². The van der Waals surface area contributed by atoms with Crippen LogP contribution in [0.2, 0.25) is 0 Å². The third-order valence-electron chi connectivity index (χ3n) is 10.6. The number of carbonyl (C=O) groups is 1. The molecule has 5 aliphatic carbocycles. The summed E-state index contributed by atoms with van der Waals surface area (Å²) in [7, 11) is 0. The van der Waals surface area contributed by atoms with E-state index >= 15 is 8.78 Å². The molecule has 7 heteroatoms. The zero-order chi connectivity index (χ0) is 23.3. The number of halogens is 2. The van der Waals surface area contributed by atoms with Gasteiger partial charge in [0.15, 0.2) is 11.5 Å². The average Bonchev–Trinajstić information content (AvgIpc) is 3.09. The van der Waals surface area contributed by atoms with E-state index in [0.29, 0.717) is 17.8 Å². The Balaban J connectivity index is 1.28. The van der Waals surface area contributed by atoms with E-state index in [1.54, 1.807) is 12.3 Å². The zero-order valence-electron chi connectivity index (χ0n) is 19.4. The van der Waals surface area contributed by atoms with Gasteiger partial charge in [-0.05, 0) is 92.9 Å². The summed E-state index contributed by atoms with van der Waals surface area (Å²) in [4.78, 5) is 13.5. The van der Waals surface area contributed by atoms with Gasteiger partial charge in [-0.2, -0.15) is 10.4 Å². The number of nitriles is 1. The Hall–Kier alpha value is -1.81. The first-order chi connectivity index (χ1) is 15.6. The highest BCUT2D eigenvalue weighted by molar-refractivity contribution is 5.83. The third kappa shape index (κ3) is 3.02. The van der Waals surface area contributed by atoms with Crippen molar-refractivity contribution in [2.24, 2.45) is 52.8 Å². The molecule has 33 heavy (non-hydrogen) atoms. The molecule has 0 radical (unpaired) electrons. The molecule has 0 aromatic carbocycles. The summed E-state index contributed by atoms with van der Waals surface area (Å²) in [5, 5.41) is 23.7. The van der Waals surface area contributed by atoms with E-state index < -0.39 is 29.3 Å². The second-order valence-corrected chi connectivity index (χ2v) is 12.3. The number of aliphatic hydroxyl groups is 1. The minimum absolute atomic E-state index is 0.0398. The molecule has 1 unspecified atom stereocenters. The quantitative estimate of drug-likeness (QED) is 0.728. The van der Waals surface area contributed by atoms with Crippen molar-refractivity contribution in [2.75, 3.05) is 0 Å². The predicted molar refractivity (Wildman–Crippen MR) is 116 cm³/mol. The van der Waals surface area contributed by atoms with Crippen LogP contribution in [0.5, 0.6) is 0 Å². The first-order valence-corrected chi connectivity index (χ1v) is 12.6. The normalized spacial score (nSPS) is 49.2. The van der Waals surface area contributed by atoms with E-state index in [1.807, 2.05) is 13.0 Å². The van der Waals surface area contributed by atoms with Gasteiger partial charge in [0.05, 0.1) is 12.1 Å². The molecule has 5 saturated carbocycles. The molecule has 0 saturated heterocycles. The van der Waals surface area contributed by atoms with Crippen LogP contribution in [0.3, 0.4) is 0 Å². The Morgan fingerprint density at radius 2 is 1.91 bits per heavy atom. The fraction of sp³-hybridized carbons (Fsp3) is 0.808. The minimum atomic E-state index is -2.75. The second kappa shape index (κ2) is 6.87. The van der Waals surface area contributed by atoms with E-state index in [9.17, 15) is 9.90 Å². The Bertz CT molecular complexity index is 1030. The largest absolute Gasteiger partial charge is 0.390 e. The number of Topliss-reactive ketones (excluding diaryl/α,β-unsaturated/α-hetero) is 1. The molecule has 5 fully saturated rings. The van der Waals surface area contributed by atoms with E-state index in [1.165, 1.54) is 4.68 Å². The molecule has 0 spiro atoms. The number of aromatic nitrogens is 2. The predicted octanol–water partition coefficient (Wildman–Crippen LogP) is 4.44. The molecule has 1 N–H and O–H groups in total. The minimum Gasteiger partial charge on any atom is -0.390 e. The van der Waals surface area contributed by atoms with Crippen LogP contribution in [0.1, 0.15) is 64.5 Å². The maximum Gasteiger partial charge on any atom is 0.255 e. The molecule has 0 amide bonds. The Kier molecular flexibility index (Phi) is 4.52. The summed E-state index contributed by atoms with van der Waals surface area (Å²) in [5.41, 5.74) is -0.737. The lowest BCUT2D eigenvalue weighted by Gasteiger charge is -2.57. The van der Waals surface area contributed by atoms with Crippen molar-refractivity contribution in [2.45, 2.75) is 76.9 Å². The molecule has 6 rings (SSSR count). The number of alkyl halides is 2. The molecular formula is C26H33F2N3O2. The molecule has 1 heterocycles. The highest BCUT2D eigenvalue weighted by Gasteiger charge is 2.84. The zero-order valence-corrected chi connectivity index (χ0v) is 19.4. The first kappa shape index (κ1) is 21.7. The molecule has 10 atom stereocenters. The average molecular weight is 458 g/mol. The molecule has 0 aliphatic heterocycles. The van der Waals surface area contributed by atoms with Crippen LogP contribution in [0.4, 0.5) is 8.78 Å². The van der Waals surface area contributed by atoms with Gasteiger partial charge in [0, 0.05) is 24.0 Å². The monoisotopic (exact) mass is 457 g/mol. The van der Waals surface area contributed by atoms with Gasteiger partial charge in [-0.25, -0.2) is 8.78 Å². The van der Waals surface area contributed by atoms with Gasteiger partial charge in [-0.3, -0.25) is 9.48 Å². The number of rotatable bonds is 3. The number of fused-ring (bicyclic) bond motifs is 7. The smallest absolute Gasteiger partial charge is 0.255 e. The number of ketones is 1. The van der Waals surface area contributed by atoms with Crippen LogP contribution in [-0.2, 0) is 11.3 Å². The van der Waals surface area contributed by atoms with E-state index in [0.717, 1.165) is 44.9 Å². The summed E-state index contributed by atoms with van der Waals surface area (Å²) in [6.07, 6.45) is 8.03. The van der Waals surface area contributed by atoms with Gasteiger partial charge in [-0.15, -0.1) is 0 Å². The SMILES string of the molecule is C[C@@]1(O)CC[C@H]2[C@H](CC[C@H]3C4[C@H]5[C@@H]([C@H](C(=O)Cn6ccc(C#N)n6)[C@@]4(C)CC[C@H]23)C5(F)F)C1. The number of hydrogen-bond donors (Lipinski definition) is 1. The lowest BCUT2D eigenvalue weighted by Crippen LogP contribution is -2.53. The molecule has 1 aromatic rings. The standard InChI is InChI=1S/C26H33F2N3O2/c1-24(33)8-5-16-14(11-24)3-4-18-17(16)6-9-25(2)20(18)22-23(26(22,27)28)21(25)19(32)13-31-10-7-15(12-29)30-31/h7,10,14,16-18,20-23,33H,3-6,8-9,11,13H2,1-2H3/t14-,16+,17-,18-,20?,21+,22+,23-,24-,25+/m1/s1. The van der Waals surface area contributed by atoms with Gasteiger partial charge in [0.1, 0.15) is 6.07 Å². The van der Waals surface area contributed by atoms with Gasteiger partial charge in [0.2, 0.25) is 0 Å². The Morgan fingerprint density at radius 3 is 2.64 bits per heavy atom. The summed E-state index contributed by atoms with van der Waals surface area (Å²) >= 11 is 0. The molecule has 0 bridgehead atoms. The number of nitrogens with zero attached hydrogens (tertiary/aromatic N) is 3. The van der Waals surface area contributed by atoms with Crippen LogP contribution in [0, 0.1) is 64.1 Å². The lowest BCUT2D eigenvalue weighted by atomic mass is 9.47. The van der Waals surface area contributed by atoms with Crippen molar-refractivity contribution in [3.05, 3.63) is 18.0 Å². The van der Waals surface area contributed by atoms with Crippen molar-refractivity contribution in [1.82, 2.24) is 9.78 Å². The summed E-state index contributed by atoms with van der Waals surface area (Å²) in [5.74, 6) is -3.39. The summed E-state index contributed by atoms with van der Waals surface area (Å²) in [6, 6.07) is 3.50. The van der Waals surface area contributed by atoms with Crippen LogP contribution in [0.25, 0.3) is 0 Å². The summed E-state index contributed by atoms with van der Waals surface area (Å²) < 4.78 is 31.7. The Labute approximate surface area is 193 Å². The number of hydrogen-bond acceptors (Lipinski definition) is 4. The second-order valence-electron chi connectivity index (χ2n) is 12.3. The summed E-state index contributed by atoms with van der Waals surface area (Å²) in [6.45, 7) is 4.01. The van der Waals surface area contributed by atoms with Crippen molar-refractivity contribution < 1.29 is 18.7 Å². The molecule has 5 aliphatic rings. The van der Waals surface area contributed by atoms with E-state index in [4.69, 9.17) is 5.26 Å². The van der Waals surface area contributed by atoms with Crippen LogP contribution in [0.15, 0.2) is 12.3 Å². The van der Waals surface area contributed by atoms with Gasteiger partial charge in [0.25, 0.3) is 5.92 Å². The lowest BCUT2D eigenvalue weighted by molar-refractivity contribution is -0.146. The molecular weight excluding hydrogens is 424 g/mol. The maximum atomic E-state index is 15.1. The topological polar surface area (TPSA) is 78.9 Å². The first-order valence-electron chi connectivity index (χ1n) is 12.6. The van der Waals surface area contributed by atoms with Crippen LogP contribution in [-0.4, -0.2) is 32.2 Å². The Morgan fingerprint density at radius 1 is 1.15 bits per heavy atom. The van der Waals surface area contributed by atoms with E-state index in [-0.39, 0.29) is 35.3 Å². The molecule has 5 nitrogen and oxygen atoms in total. The molecule has 1 aromatic heterocycles. The van der Waals surface area contributed by atoms with Gasteiger partial charge in [-0.1, -0.05) is 6.92 Å². The third-order valence-corrected chi connectivity index (χ3v) is 10.6. The maximum absolute atomic E-state index is 15.1.